The summed E-state index contributed by atoms with van der Waals surface area (Å²) < 4.78 is 56.8. The molecule has 0 aromatic heterocycles. The van der Waals surface area contributed by atoms with Crippen LogP contribution in [0, 0.1) is 11.7 Å². The van der Waals surface area contributed by atoms with E-state index in [1.807, 2.05) is 0 Å². The van der Waals surface area contributed by atoms with Gasteiger partial charge in [0.05, 0.1) is 12.5 Å². The average molecular weight is 375 g/mol. The van der Waals surface area contributed by atoms with Gasteiger partial charge in [0, 0.05) is 32.3 Å². The van der Waals surface area contributed by atoms with Crippen LogP contribution in [-0.2, 0) is 17.9 Å². The first-order chi connectivity index (χ1) is 12.3. The maximum atomic E-state index is 13.6. The number of hydrogen-bond acceptors (Lipinski definition) is 2. The summed E-state index contributed by atoms with van der Waals surface area (Å²) in [6.45, 7) is 0.615. The highest BCUT2D eigenvalue weighted by molar-refractivity contribution is 5.79. The predicted octanol–water partition coefficient (Wildman–Crippen LogP) is 3.76. The van der Waals surface area contributed by atoms with Gasteiger partial charge in [-0.25, -0.2) is 4.39 Å². The van der Waals surface area contributed by atoms with Crippen molar-refractivity contribution in [3.05, 3.63) is 35.1 Å². The summed E-state index contributed by atoms with van der Waals surface area (Å²) in [5.41, 5.74) is 1.34. The molecule has 4 nitrogen and oxygen atoms in total. The number of ether oxygens (including phenoxy) is 1. The molecule has 0 unspecified atom stereocenters. The molecule has 0 radical (unpaired) electrons. The number of guanidine groups is 1. The molecule has 1 aromatic rings. The van der Waals surface area contributed by atoms with Crippen molar-refractivity contribution in [3.63, 3.8) is 0 Å². The fraction of sp³-hybridized carbons (Fsp3) is 0.611. The molecule has 2 rings (SSSR count). The van der Waals surface area contributed by atoms with Gasteiger partial charge in [-0.3, -0.25) is 4.99 Å². The predicted molar refractivity (Wildman–Crippen MR) is 92.2 cm³/mol. The molecule has 8 heteroatoms. The Morgan fingerprint density at radius 3 is 2.50 bits per heavy atom. The highest BCUT2D eigenvalue weighted by atomic mass is 19.4. The van der Waals surface area contributed by atoms with E-state index in [1.165, 1.54) is 13.2 Å². The van der Waals surface area contributed by atoms with Crippen LogP contribution in [0.5, 0.6) is 0 Å². The normalized spacial score (nSPS) is 21.5. The number of nitrogens with zero attached hydrogens (tertiary/aromatic N) is 1. The molecule has 1 aromatic carbocycles. The fourth-order valence-corrected chi connectivity index (χ4v) is 3.14. The molecule has 1 saturated carbocycles. The first-order valence-corrected chi connectivity index (χ1v) is 8.63. The van der Waals surface area contributed by atoms with Crippen LogP contribution in [0.25, 0.3) is 0 Å². The van der Waals surface area contributed by atoms with E-state index < -0.39 is 12.1 Å². The zero-order valence-corrected chi connectivity index (χ0v) is 15.0. The van der Waals surface area contributed by atoms with Crippen LogP contribution in [-0.4, -0.2) is 32.3 Å². The summed E-state index contributed by atoms with van der Waals surface area (Å²) in [5.74, 6) is -0.994. The second-order valence-electron chi connectivity index (χ2n) is 6.52. The molecule has 0 heterocycles. The molecule has 0 saturated heterocycles. The Morgan fingerprint density at radius 2 is 1.92 bits per heavy atom. The summed E-state index contributed by atoms with van der Waals surface area (Å²) in [6, 6.07) is 4.74. The fourth-order valence-electron chi connectivity index (χ4n) is 3.14. The van der Waals surface area contributed by atoms with Gasteiger partial charge in [-0.2, -0.15) is 13.2 Å². The number of alkyl halides is 3. The number of benzene rings is 1. The van der Waals surface area contributed by atoms with Crippen molar-refractivity contribution in [2.24, 2.45) is 10.9 Å². The van der Waals surface area contributed by atoms with Gasteiger partial charge in [0.25, 0.3) is 0 Å². The van der Waals surface area contributed by atoms with Gasteiger partial charge in [0.15, 0.2) is 5.96 Å². The first kappa shape index (κ1) is 20.5. The largest absolute Gasteiger partial charge is 0.391 e. The van der Waals surface area contributed by atoms with E-state index in [0.29, 0.717) is 30.9 Å². The van der Waals surface area contributed by atoms with E-state index >= 15 is 0 Å². The summed E-state index contributed by atoms with van der Waals surface area (Å²) in [4.78, 5) is 4.11. The lowest BCUT2D eigenvalue weighted by atomic mass is 9.85. The average Bonchev–Trinajstić information content (AvgIpc) is 2.61. The Kier molecular flexibility index (Phi) is 7.25. The van der Waals surface area contributed by atoms with Crippen LogP contribution in [0.15, 0.2) is 23.2 Å². The number of halogens is 4. The minimum Gasteiger partial charge on any atom is -0.380 e. The standard InChI is InChI=1S/C18H25F4N3O/c1-23-17(25-15-6-4-14(5-7-15)18(20,21)22)24-10-12-3-8-16(19)13(9-12)11-26-2/h3,8-9,14-15H,4-7,10-11H2,1-2H3,(H2,23,24,25). The topological polar surface area (TPSA) is 45.7 Å². The van der Waals surface area contributed by atoms with E-state index in [4.69, 9.17) is 4.74 Å². The maximum absolute atomic E-state index is 13.6. The van der Waals surface area contributed by atoms with Crippen LogP contribution in [0.4, 0.5) is 17.6 Å². The second kappa shape index (κ2) is 9.21. The van der Waals surface area contributed by atoms with Crippen molar-refractivity contribution in [2.45, 2.75) is 51.1 Å². The lowest BCUT2D eigenvalue weighted by Crippen LogP contribution is -2.45. The van der Waals surface area contributed by atoms with Gasteiger partial charge in [0.1, 0.15) is 5.82 Å². The van der Waals surface area contributed by atoms with E-state index in [2.05, 4.69) is 15.6 Å². The van der Waals surface area contributed by atoms with Gasteiger partial charge in [0.2, 0.25) is 0 Å². The van der Waals surface area contributed by atoms with Crippen molar-refractivity contribution in [1.82, 2.24) is 10.6 Å². The van der Waals surface area contributed by atoms with Crippen molar-refractivity contribution in [1.29, 1.82) is 0 Å². The van der Waals surface area contributed by atoms with Gasteiger partial charge in [-0.1, -0.05) is 6.07 Å². The van der Waals surface area contributed by atoms with Crippen LogP contribution >= 0.6 is 0 Å². The smallest absolute Gasteiger partial charge is 0.380 e. The molecular formula is C18H25F4N3O. The highest BCUT2D eigenvalue weighted by Crippen LogP contribution is 2.37. The first-order valence-electron chi connectivity index (χ1n) is 8.63. The molecule has 0 amide bonds. The molecule has 26 heavy (non-hydrogen) atoms. The van der Waals surface area contributed by atoms with E-state index in [-0.39, 0.29) is 31.3 Å². The Hall–Kier alpha value is -1.83. The third kappa shape index (κ3) is 5.86. The molecular weight excluding hydrogens is 350 g/mol. The molecule has 2 N–H and O–H groups in total. The number of hydrogen-bond donors (Lipinski definition) is 2. The number of rotatable bonds is 5. The van der Waals surface area contributed by atoms with Crippen LogP contribution in [0.1, 0.15) is 36.8 Å². The Balaban J connectivity index is 1.84. The lowest BCUT2D eigenvalue weighted by molar-refractivity contribution is -0.182. The summed E-state index contributed by atoms with van der Waals surface area (Å²) in [7, 11) is 3.11. The van der Waals surface area contributed by atoms with Crippen LogP contribution < -0.4 is 10.6 Å². The van der Waals surface area contributed by atoms with Crippen molar-refractivity contribution in [2.75, 3.05) is 14.2 Å². The zero-order valence-electron chi connectivity index (χ0n) is 15.0. The van der Waals surface area contributed by atoms with Gasteiger partial charge in [-0.15, -0.1) is 0 Å². The number of methoxy groups -OCH3 is 1. The number of aliphatic imine (C=N–C) groups is 1. The highest BCUT2D eigenvalue weighted by Gasteiger charge is 2.41. The van der Waals surface area contributed by atoms with Gasteiger partial charge >= 0.3 is 6.18 Å². The van der Waals surface area contributed by atoms with Crippen molar-refractivity contribution < 1.29 is 22.3 Å². The molecule has 146 valence electrons. The third-order valence-corrected chi connectivity index (χ3v) is 4.62. The molecule has 0 spiro atoms. The lowest BCUT2D eigenvalue weighted by Gasteiger charge is -2.31. The molecule has 1 aliphatic rings. The van der Waals surface area contributed by atoms with Gasteiger partial charge < -0.3 is 15.4 Å². The minimum absolute atomic E-state index is 0.0305. The van der Waals surface area contributed by atoms with Crippen molar-refractivity contribution in [3.8, 4) is 0 Å². The van der Waals surface area contributed by atoms with Crippen molar-refractivity contribution >= 4 is 5.96 Å². The summed E-state index contributed by atoms with van der Waals surface area (Å²) in [6.07, 6.45) is -2.92. The maximum Gasteiger partial charge on any atom is 0.391 e. The number of nitrogens with one attached hydrogen (secondary N) is 2. The van der Waals surface area contributed by atoms with E-state index in [1.54, 1.807) is 19.2 Å². The Morgan fingerprint density at radius 1 is 1.23 bits per heavy atom. The van der Waals surface area contributed by atoms with Crippen LogP contribution in [0.3, 0.4) is 0 Å². The van der Waals surface area contributed by atoms with E-state index in [0.717, 1.165) is 5.56 Å². The van der Waals surface area contributed by atoms with Gasteiger partial charge in [-0.05, 0) is 43.4 Å². The second-order valence-corrected chi connectivity index (χ2v) is 6.52. The quantitative estimate of drug-likeness (QED) is 0.468. The Bertz CT molecular complexity index is 611. The molecule has 0 atom stereocenters. The minimum atomic E-state index is -4.10. The Labute approximate surface area is 151 Å². The molecule has 1 fully saturated rings. The monoisotopic (exact) mass is 375 g/mol. The third-order valence-electron chi connectivity index (χ3n) is 4.62. The molecule has 1 aliphatic carbocycles. The van der Waals surface area contributed by atoms with Crippen LogP contribution in [0.2, 0.25) is 0 Å². The summed E-state index contributed by atoms with van der Waals surface area (Å²) >= 11 is 0. The summed E-state index contributed by atoms with van der Waals surface area (Å²) in [5, 5.41) is 6.29. The molecule has 0 aliphatic heterocycles. The SMILES string of the molecule is CN=C(NCc1ccc(F)c(COC)c1)NC1CCC(C(F)(F)F)CC1. The van der Waals surface area contributed by atoms with E-state index in [9.17, 15) is 17.6 Å². The molecule has 0 bridgehead atoms. The zero-order chi connectivity index (χ0) is 19.2.